The van der Waals surface area contributed by atoms with E-state index in [-0.39, 0.29) is 12.1 Å². The Labute approximate surface area is 134 Å². The van der Waals surface area contributed by atoms with Crippen LogP contribution in [0.15, 0.2) is 29.2 Å². The van der Waals surface area contributed by atoms with E-state index in [4.69, 9.17) is 0 Å². The van der Waals surface area contributed by atoms with Gasteiger partial charge in [0.2, 0.25) is 9.84 Å². The van der Waals surface area contributed by atoms with E-state index in [9.17, 15) is 22.0 Å². The number of anilines is 1. The number of halogens is 2. The molecule has 1 fully saturated rings. The molecule has 2 N–H and O–H groups in total. The second kappa shape index (κ2) is 7.25. The summed E-state index contributed by atoms with van der Waals surface area (Å²) < 4.78 is 47.5. The number of sulfone groups is 1. The van der Waals surface area contributed by atoms with Crippen molar-refractivity contribution in [2.75, 3.05) is 5.32 Å². The van der Waals surface area contributed by atoms with E-state index in [0.717, 1.165) is 31.4 Å². The first-order chi connectivity index (χ1) is 10.8. The zero-order chi connectivity index (χ0) is 17.0. The summed E-state index contributed by atoms with van der Waals surface area (Å²) in [6.45, 7) is 2.09. The van der Waals surface area contributed by atoms with Crippen LogP contribution in [0.3, 0.4) is 0 Å². The molecule has 0 saturated heterocycles. The lowest BCUT2D eigenvalue weighted by atomic mass is 9.86. The van der Waals surface area contributed by atoms with Crippen molar-refractivity contribution in [1.29, 1.82) is 0 Å². The Balaban J connectivity index is 1.97. The van der Waals surface area contributed by atoms with Gasteiger partial charge >= 0.3 is 11.8 Å². The molecule has 2 unspecified atom stereocenters. The lowest BCUT2D eigenvalue weighted by Crippen LogP contribution is -2.43. The lowest BCUT2D eigenvalue weighted by molar-refractivity contribution is 0.232. The van der Waals surface area contributed by atoms with Gasteiger partial charge in [0.25, 0.3) is 0 Å². The standard InChI is InChI=1S/C15H20F2N2O3S/c1-10-4-2-3-5-13(10)19-15(20)18-11-6-8-12(9-7-11)23(21,22)14(16)17/h6-10,13-14H,2-5H2,1H3,(H2,18,19,20). The Hall–Kier alpha value is -1.70. The Bertz CT molecular complexity index is 647. The highest BCUT2D eigenvalue weighted by Gasteiger charge is 2.26. The molecule has 5 nitrogen and oxygen atoms in total. The fourth-order valence-corrected chi connectivity index (χ4v) is 3.42. The van der Waals surface area contributed by atoms with Crippen LogP contribution in [0.4, 0.5) is 19.3 Å². The summed E-state index contributed by atoms with van der Waals surface area (Å²) >= 11 is 0. The van der Waals surface area contributed by atoms with E-state index in [1.807, 2.05) is 0 Å². The van der Waals surface area contributed by atoms with Crippen LogP contribution in [-0.2, 0) is 9.84 Å². The molecule has 1 aliphatic rings. The molecule has 2 rings (SSSR count). The molecule has 1 aliphatic carbocycles. The third kappa shape index (κ3) is 4.40. The highest BCUT2D eigenvalue weighted by molar-refractivity contribution is 7.91. The van der Waals surface area contributed by atoms with Crippen LogP contribution in [0.5, 0.6) is 0 Å². The largest absolute Gasteiger partial charge is 0.341 e. The second-order valence-electron chi connectivity index (χ2n) is 5.80. The number of carbonyl (C=O) groups excluding carboxylic acids is 1. The number of benzene rings is 1. The van der Waals surface area contributed by atoms with Gasteiger partial charge in [-0.1, -0.05) is 19.8 Å². The quantitative estimate of drug-likeness (QED) is 0.877. The highest BCUT2D eigenvalue weighted by Crippen LogP contribution is 2.24. The molecule has 23 heavy (non-hydrogen) atoms. The highest BCUT2D eigenvalue weighted by atomic mass is 32.2. The molecular formula is C15H20F2N2O3S. The van der Waals surface area contributed by atoms with E-state index in [1.165, 1.54) is 18.6 Å². The first kappa shape index (κ1) is 17.7. The van der Waals surface area contributed by atoms with Gasteiger partial charge in [0.15, 0.2) is 0 Å². The van der Waals surface area contributed by atoms with Crippen LogP contribution in [0.25, 0.3) is 0 Å². The number of hydrogen-bond donors (Lipinski definition) is 2. The van der Waals surface area contributed by atoms with Crippen LogP contribution in [0, 0.1) is 5.92 Å². The number of rotatable bonds is 4. The Kier molecular flexibility index (Phi) is 5.56. The molecule has 1 saturated carbocycles. The van der Waals surface area contributed by atoms with Crippen LogP contribution >= 0.6 is 0 Å². The maximum Gasteiger partial charge on any atom is 0.341 e. The van der Waals surface area contributed by atoms with Crippen molar-refractivity contribution in [3.8, 4) is 0 Å². The Morgan fingerprint density at radius 2 is 1.78 bits per heavy atom. The molecule has 0 radical (unpaired) electrons. The Morgan fingerprint density at radius 1 is 1.17 bits per heavy atom. The van der Waals surface area contributed by atoms with Gasteiger partial charge in [-0.2, -0.15) is 8.78 Å². The topological polar surface area (TPSA) is 75.3 Å². The summed E-state index contributed by atoms with van der Waals surface area (Å²) in [4.78, 5) is 11.5. The van der Waals surface area contributed by atoms with Crippen molar-refractivity contribution >= 4 is 21.6 Å². The number of amides is 2. The monoisotopic (exact) mass is 346 g/mol. The summed E-state index contributed by atoms with van der Waals surface area (Å²) in [6.07, 6.45) is 4.25. The molecule has 1 aromatic rings. The number of nitrogens with one attached hydrogen (secondary N) is 2. The fraction of sp³-hybridized carbons (Fsp3) is 0.533. The van der Waals surface area contributed by atoms with Crippen molar-refractivity contribution < 1.29 is 22.0 Å². The second-order valence-corrected chi connectivity index (χ2v) is 7.71. The molecule has 0 heterocycles. The van der Waals surface area contributed by atoms with Gasteiger partial charge in [-0.3, -0.25) is 0 Å². The Morgan fingerprint density at radius 3 is 2.35 bits per heavy atom. The molecule has 0 spiro atoms. The molecule has 0 aromatic heterocycles. The normalized spacial score (nSPS) is 21.9. The van der Waals surface area contributed by atoms with Gasteiger partial charge in [-0.05, 0) is 43.0 Å². The molecule has 0 aliphatic heterocycles. The van der Waals surface area contributed by atoms with Crippen molar-refractivity contribution in [1.82, 2.24) is 5.32 Å². The van der Waals surface area contributed by atoms with Crippen molar-refractivity contribution in [3.63, 3.8) is 0 Å². The van der Waals surface area contributed by atoms with Gasteiger partial charge in [-0.15, -0.1) is 0 Å². The van der Waals surface area contributed by atoms with E-state index < -0.39 is 20.5 Å². The van der Waals surface area contributed by atoms with E-state index in [1.54, 1.807) is 0 Å². The van der Waals surface area contributed by atoms with Crippen LogP contribution in [-0.4, -0.2) is 26.2 Å². The number of carbonyl (C=O) groups is 1. The summed E-state index contributed by atoms with van der Waals surface area (Å²) in [7, 11) is -4.61. The smallest absolute Gasteiger partial charge is 0.335 e. The van der Waals surface area contributed by atoms with Crippen molar-refractivity contribution in [2.45, 2.75) is 49.3 Å². The van der Waals surface area contributed by atoms with E-state index >= 15 is 0 Å². The van der Waals surface area contributed by atoms with Crippen LogP contribution in [0.2, 0.25) is 0 Å². The van der Waals surface area contributed by atoms with Crippen molar-refractivity contribution in [3.05, 3.63) is 24.3 Å². The summed E-state index contributed by atoms with van der Waals surface area (Å²) in [6, 6.07) is 4.43. The average molecular weight is 346 g/mol. The predicted molar refractivity (Wildman–Crippen MR) is 83.2 cm³/mol. The average Bonchev–Trinajstić information content (AvgIpc) is 2.50. The first-order valence-corrected chi connectivity index (χ1v) is 9.05. The minimum Gasteiger partial charge on any atom is -0.335 e. The minimum absolute atomic E-state index is 0.113. The summed E-state index contributed by atoms with van der Waals surface area (Å²) in [5.74, 6) is -3.05. The first-order valence-electron chi connectivity index (χ1n) is 7.50. The molecule has 2 amide bonds. The molecule has 128 valence electrons. The van der Waals surface area contributed by atoms with Gasteiger partial charge in [0, 0.05) is 11.7 Å². The third-order valence-electron chi connectivity index (χ3n) is 4.10. The molecule has 2 atom stereocenters. The van der Waals surface area contributed by atoms with Gasteiger partial charge < -0.3 is 10.6 Å². The van der Waals surface area contributed by atoms with Crippen LogP contribution < -0.4 is 10.6 Å². The lowest BCUT2D eigenvalue weighted by Gasteiger charge is -2.29. The SMILES string of the molecule is CC1CCCCC1NC(=O)Nc1ccc(S(=O)(=O)C(F)F)cc1. The summed E-state index contributed by atoms with van der Waals surface area (Å²) in [5.41, 5.74) is 0.346. The van der Waals surface area contributed by atoms with E-state index in [2.05, 4.69) is 17.6 Å². The number of urea groups is 1. The van der Waals surface area contributed by atoms with Crippen LogP contribution in [0.1, 0.15) is 32.6 Å². The van der Waals surface area contributed by atoms with Crippen molar-refractivity contribution in [2.24, 2.45) is 5.92 Å². The van der Waals surface area contributed by atoms with E-state index in [0.29, 0.717) is 11.6 Å². The summed E-state index contributed by atoms with van der Waals surface area (Å²) in [5, 5.41) is 5.48. The minimum atomic E-state index is -4.61. The molecule has 0 bridgehead atoms. The zero-order valence-corrected chi connectivity index (χ0v) is 13.6. The van der Waals surface area contributed by atoms with Gasteiger partial charge in [0.05, 0.1) is 4.90 Å². The van der Waals surface area contributed by atoms with Gasteiger partial charge in [-0.25, -0.2) is 13.2 Å². The number of alkyl halides is 2. The zero-order valence-electron chi connectivity index (χ0n) is 12.8. The van der Waals surface area contributed by atoms with Gasteiger partial charge in [0.1, 0.15) is 0 Å². The fourth-order valence-electron chi connectivity index (χ4n) is 2.70. The number of hydrogen-bond acceptors (Lipinski definition) is 3. The molecule has 8 heteroatoms. The molecule has 1 aromatic carbocycles. The third-order valence-corrected chi connectivity index (χ3v) is 5.50. The maximum atomic E-state index is 12.4. The molecular weight excluding hydrogens is 326 g/mol. The maximum absolute atomic E-state index is 12.4. The predicted octanol–water partition coefficient (Wildman–Crippen LogP) is 3.38.